The van der Waals surface area contributed by atoms with Gasteiger partial charge in [0.2, 0.25) is 0 Å². The van der Waals surface area contributed by atoms with Crippen LogP contribution in [0.1, 0.15) is 12.5 Å². The summed E-state index contributed by atoms with van der Waals surface area (Å²) in [6.07, 6.45) is 0.382. The number of benzene rings is 1. The maximum Gasteiger partial charge on any atom is 0.502 e. The second-order valence-corrected chi connectivity index (χ2v) is 5.20. The molecule has 5 nitrogen and oxygen atoms in total. The van der Waals surface area contributed by atoms with Gasteiger partial charge in [-0.1, -0.05) is 30.3 Å². The molecule has 0 N–H and O–H groups in total. The van der Waals surface area contributed by atoms with Crippen LogP contribution in [0.5, 0.6) is 0 Å². The van der Waals surface area contributed by atoms with Crippen molar-refractivity contribution >= 4 is 7.82 Å². The van der Waals surface area contributed by atoms with Gasteiger partial charge < -0.3 is 0 Å². The van der Waals surface area contributed by atoms with Crippen LogP contribution in [0.25, 0.3) is 0 Å². The van der Waals surface area contributed by atoms with Gasteiger partial charge in [0.15, 0.2) is 0 Å². The topological polar surface area (TPSA) is 54.0 Å². The summed E-state index contributed by atoms with van der Waals surface area (Å²) >= 11 is 0. The second kappa shape index (κ2) is 5.76. The van der Waals surface area contributed by atoms with E-state index in [1.54, 1.807) is 6.92 Å². The first kappa shape index (κ1) is 12.7. The summed E-state index contributed by atoms with van der Waals surface area (Å²) in [6, 6.07) is 9.82. The van der Waals surface area contributed by atoms with Crippen molar-refractivity contribution in [3.8, 4) is 0 Å². The van der Waals surface area contributed by atoms with Crippen molar-refractivity contribution in [2.75, 3.05) is 13.2 Å². The fourth-order valence-corrected chi connectivity index (χ4v) is 2.58. The molecular formula is C11H15O5P. The lowest BCUT2D eigenvalue weighted by Crippen LogP contribution is -2.27. The molecule has 1 heterocycles. The third-order valence-electron chi connectivity index (χ3n) is 2.28. The monoisotopic (exact) mass is 258 g/mol. The molecule has 1 saturated heterocycles. The Labute approximate surface area is 100 Å². The lowest BCUT2D eigenvalue weighted by Gasteiger charge is -2.26. The fraction of sp³-hybridized carbons (Fsp3) is 0.455. The summed E-state index contributed by atoms with van der Waals surface area (Å²) in [5.41, 5.74) is 1.11. The molecule has 0 saturated carbocycles. The Bertz CT molecular complexity index is 382. The predicted octanol–water partition coefficient (Wildman–Crippen LogP) is 2.72. The average molecular weight is 258 g/mol. The highest BCUT2D eigenvalue weighted by molar-refractivity contribution is 7.48. The zero-order chi connectivity index (χ0) is 12.1. The van der Waals surface area contributed by atoms with Crippen LogP contribution in [0.2, 0.25) is 0 Å². The van der Waals surface area contributed by atoms with Gasteiger partial charge in [-0.15, -0.1) is 4.67 Å². The molecule has 0 aliphatic carbocycles. The molecule has 6 heteroatoms. The van der Waals surface area contributed by atoms with E-state index >= 15 is 0 Å². The number of hydrogen-bond acceptors (Lipinski definition) is 5. The van der Waals surface area contributed by atoms with E-state index in [-0.39, 0.29) is 19.3 Å². The van der Waals surface area contributed by atoms with Gasteiger partial charge in [0.1, 0.15) is 6.10 Å². The van der Waals surface area contributed by atoms with Gasteiger partial charge in [0.05, 0.1) is 13.2 Å². The Morgan fingerprint density at radius 3 is 2.76 bits per heavy atom. The van der Waals surface area contributed by atoms with Crippen LogP contribution < -0.4 is 0 Å². The van der Waals surface area contributed by atoms with Gasteiger partial charge in [-0.25, -0.2) is 9.45 Å². The van der Waals surface area contributed by atoms with Crippen LogP contribution in [0.15, 0.2) is 30.3 Å². The van der Waals surface area contributed by atoms with E-state index < -0.39 is 7.82 Å². The van der Waals surface area contributed by atoms with Gasteiger partial charge in [0, 0.05) is 6.42 Å². The minimum absolute atomic E-state index is 0.201. The molecule has 1 aromatic carbocycles. The number of phosphoric ester groups is 1. The Hall–Kier alpha value is -0.710. The Kier molecular flexibility index (Phi) is 4.31. The van der Waals surface area contributed by atoms with E-state index in [4.69, 9.17) is 18.6 Å². The molecule has 0 amide bonds. The lowest BCUT2D eigenvalue weighted by atomic mass is 10.1. The number of phosphoric acid groups is 1. The first-order valence-corrected chi connectivity index (χ1v) is 6.96. The standard InChI is InChI=1S/C11H15O5P/c1-2-13-17(12)14-9-11(15-16-17)8-10-6-4-3-5-7-10/h3-7,11H,2,8-9H2,1H3. The number of rotatable bonds is 4. The second-order valence-electron chi connectivity index (χ2n) is 3.64. The normalized spacial score (nSPS) is 29.1. The first-order chi connectivity index (χ1) is 8.22. The van der Waals surface area contributed by atoms with E-state index in [9.17, 15) is 4.57 Å². The van der Waals surface area contributed by atoms with Crippen molar-refractivity contribution in [3.63, 3.8) is 0 Å². The SMILES string of the molecule is CCOP1(=O)OCC(Cc2ccccc2)OO1. The summed E-state index contributed by atoms with van der Waals surface area (Å²) in [5.74, 6) is 0. The molecule has 1 aliphatic rings. The van der Waals surface area contributed by atoms with Crippen LogP contribution in [-0.4, -0.2) is 19.3 Å². The molecule has 1 fully saturated rings. The quantitative estimate of drug-likeness (QED) is 0.614. The third-order valence-corrected chi connectivity index (χ3v) is 3.59. The molecule has 17 heavy (non-hydrogen) atoms. The summed E-state index contributed by atoms with van der Waals surface area (Å²) in [4.78, 5) is 5.04. The van der Waals surface area contributed by atoms with Crippen molar-refractivity contribution in [2.24, 2.45) is 0 Å². The van der Waals surface area contributed by atoms with Gasteiger partial charge in [-0.05, 0) is 12.5 Å². The molecule has 2 atom stereocenters. The lowest BCUT2D eigenvalue weighted by molar-refractivity contribution is -0.289. The highest BCUT2D eigenvalue weighted by Crippen LogP contribution is 2.52. The Morgan fingerprint density at radius 1 is 1.41 bits per heavy atom. The van der Waals surface area contributed by atoms with E-state index in [0.29, 0.717) is 6.42 Å². The molecule has 1 aliphatic heterocycles. The van der Waals surface area contributed by atoms with Crippen LogP contribution in [-0.2, 0) is 29.6 Å². The van der Waals surface area contributed by atoms with E-state index in [1.165, 1.54) is 0 Å². The average Bonchev–Trinajstić information content (AvgIpc) is 2.34. The maximum atomic E-state index is 11.6. The molecule has 2 unspecified atom stereocenters. The van der Waals surface area contributed by atoms with E-state index in [0.717, 1.165) is 5.56 Å². The van der Waals surface area contributed by atoms with Crippen LogP contribution in [0, 0.1) is 0 Å². The van der Waals surface area contributed by atoms with Gasteiger partial charge >= 0.3 is 7.82 Å². The first-order valence-electron chi connectivity index (χ1n) is 5.50. The van der Waals surface area contributed by atoms with Gasteiger partial charge in [-0.3, -0.25) is 9.05 Å². The molecule has 0 radical (unpaired) electrons. The zero-order valence-corrected chi connectivity index (χ0v) is 10.5. The molecule has 1 aromatic rings. The largest absolute Gasteiger partial charge is 0.502 e. The highest BCUT2D eigenvalue weighted by atomic mass is 31.2. The van der Waals surface area contributed by atoms with Gasteiger partial charge in [-0.2, -0.15) is 0 Å². The van der Waals surface area contributed by atoms with Crippen LogP contribution in [0.4, 0.5) is 0 Å². The molecule has 2 rings (SSSR count). The van der Waals surface area contributed by atoms with Crippen molar-refractivity contribution in [3.05, 3.63) is 35.9 Å². The summed E-state index contributed by atoms with van der Waals surface area (Å²) in [7, 11) is -3.48. The van der Waals surface area contributed by atoms with E-state index in [1.807, 2.05) is 30.3 Å². The smallest absolute Gasteiger partial charge is 0.286 e. The molecule has 0 spiro atoms. The Balaban J connectivity index is 1.86. The van der Waals surface area contributed by atoms with Crippen molar-refractivity contribution in [1.82, 2.24) is 0 Å². The molecule has 0 bridgehead atoms. The highest BCUT2D eigenvalue weighted by Gasteiger charge is 2.35. The van der Waals surface area contributed by atoms with Gasteiger partial charge in [0.25, 0.3) is 0 Å². The van der Waals surface area contributed by atoms with Crippen molar-refractivity contribution < 1.29 is 23.2 Å². The predicted molar refractivity (Wildman–Crippen MR) is 61.3 cm³/mol. The fourth-order valence-electron chi connectivity index (χ4n) is 1.52. The third kappa shape index (κ3) is 3.63. The Morgan fingerprint density at radius 2 is 2.18 bits per heavy atom. The van der Waals surface area contributed by atoms with E-state index in [2.05, 4.69) is 0 Å². The zero-order valence-electron chi connectivity index (χ0n) is 9.57. The molecular weight excluding hydrogens is 243 g/mol. The minimum atomic E-state index is -3.48. The van der Waals surface area contributed by atoms with Crippen molar-refractivity contribution in [2.45, 2.75) is 19.4 Å². The van der Waals surface area contributed by atoms with Crippen LogP contribution >= 0.6 is 7.82 Å². The van der Waals surface area contributed by atoms with Crippen molar-refractivity contribution in [1.29, 1.82) is 0 Å². The summed E-state index contributed by atoms with van der Waals surface area (Å²) in [6.45, 7) is 2.17. The van der Waals surface area contributed by atoms with Crippen LogP contribution in [0.3, 0.4) is 0 Å². The minimum Gasteiger partial charge on any atom is -0.286 e. The summed E-state index contributed by atoms with van der Waals surface area (Å²) in [5, 5.41) is 0. The molecule has 94 valence electrons. The summed E-state index contributed by atoms with van der Waals surface area (Å²) < 4.78 is 26.3. The number of hydrogen-bond donors (Lipinski definition) is 0. The maximum absolute atomic E-state index is 11.6. The molecule has 0 aromatic heterocycles.